The Morgan fingerprint density at radius 1 is 1.35 bits per heavy atom. The summed E-state index contributed by atoms with van der Waals surface area (Å²) < 4.78 is 5.69. The fourth-order valence-electron chi connectivity index (χ4n) is 1.74. The molecule has 96 valence electrons. The average molecular weight is 237 g/mol. The largest absolute Gasteiger partial charge is 0.370 e. The van der Waals surface area contributed by atoms with Gasteiger partial charge in [-0.25, -0.2) is 9.97 Å². The zero-order valence-electron chi connectivity index (χ0n) is 11.2. The van der Waals surface area contributed by atoms with Crippen molar-refractivity contribution in [3.05, 3.63) is 23.8 Å². The van der Waals surface area contributed by atoms with Gasteiger partial charge in [0, 0.05) is 31.0 Å². The smallest absolute Gasteiger partial charge is 0.157 e. The van der Waals surface area contributed by atoms with Crippen LogP contribution in [-0.4, -0.2) is 22.6 Å². The van der Waals surface area contributed by atoms with Crippen LogP contribution in [0.15, 0.2) is 12.3 Å². The van der Waals surface area contributed by atoms with Crippen molar-refractivity contribution in [3.8, 4) is 0 Å². The van der Waals surface area contributed by atoms with Gasteiger partial charge in [-0.05, 0) is 25.8 Å². The Balaban J connectivity index is 2.87. The summed E-state index contributed by atoms with van der Waals surface area (Å²) in [6.45, 7) is 8.86. The van der Waals surface area contributed by atoms with Crippen molar-refractivity contribution < 1.29 is 4.74 Å². The van der Waals surface area contributed by atoms with E-state index in [-0.39, 0.29) is 12.1 Å². The Labute approximate surface area is 104 Å². The molecule has 0 aliphatic heterocycles. The molecule has 0 spiro atoms. The molecule has 0 fully saturated rings. The van der Waals surface area contributed by atoms with Crippen LogP contribution in [0.5, 0.6) is 0 Å². The van der Waals surface area contributed by atoms with Gasteiger partial charge in [0.1, 0.15) is 6.10 Å². The molecule has 1 aromatic rings. The predicted molar refractivity (Wildman–Crippen MR) is 68.6 cm³/mol. The Morgan fingerprint density at radius 3 is 2.59 bits per heavy atom. The maximum Gasteiger partial charge on any atom is 0.157 e. The molecule has 0 amide bonds. The summed E-state index contributed by atoms with van der Waals surface area (Å²) in [4.78, 5) is 8.85. The molecule has 1 aromatic heterocycles. The molecular formula is C13H23N3O. The van der Waals surface area contributed by atoms with Gasteiger partial charge in [-0.15, -0.1) is 0 Å². The van der Waals surface area contributed by atoms with Gasteiger partial charge >= 0.3 is 0 Å². The molecule has 1 heterocycles. The molecule has 0 aromatic carbocycles. The van der Waals surface area contributed by atoms with Crippen LogP contribution in [-0.2, 0) is 11.2 Å². The highest BCUT2D eigenvalue weighted by Crippen LogP contribution is 2.22. The van der Waals surface area contributed by atoms with Crippen LogP contribution in [0.3, 0.4) is 0 Å². The fourth-order valence-corrected chi connectivity index (χ4v) is 1.74. The molecule has 2 unspecified atom stereocenters. The maximum atomic E-state index is 5.78. The first-order chi connectivity index (χ1) is 8.04. The van der Waals surface area contributed by atoms with E-state index in [0.717, 1.165) is 17.9 Å². The van der Waals surface area contributed by atoms with E-state index in [4.69, 9.17) is 10.5 Å². The standard InChI is InChI=1S/C13H23N3O/c1-5-17-12(9(2)3)13-15-7-6-11(16-13)8-10(4)14/h6-7,9-10,12H,5,8,14H2,1-4H3. The minimum absolute atomic E-state index is 0.0342. The molecule has 0 saturated carbocycles. The number of rotatable bonds is 6. The van der Waals surface area contributed by atoms with E-state index in [1.807, 2.05) is 19.9 Å². The number of hydrogen-bond acceptors (Lipinski definition) is 4. The highest BCUT2D eigenvalue weighted by atomic mass is 16.5. The molecule has 0 aliphatic carbocycles. The van der Waals surface area contributed by atoms with Crippen LogP contribution in [0.25, 0.3) is 0 Å². The number of nitrogens with zero attached hydrogens (tertiary/aromatic N) is 2. The van der Waals surface area contributed by atoms with Crippen molar-refractivity contribution >= 4 is 0 Å². The summed E-state index contributed by atoms with van der Waals surface area (Å²) in [5, 5.41) is 0. The third-order valence-electron chi connectivity index (χ3n) is 2.47. The lowest BCUT2D eigenvalue weighted by atomic mass is 10.1. The van der Waals surface area contributed by atoms with Crippen LogP contribution in [0.1, 0.15) is 45.3 Å². The average Bonchev–Trinajstić information content (AvgIpc) is 2.24. The van der Waals surface area contributed by atoms with Gasteiger partial charge in [-0.2, -0.15) is 0 Å². The molecule has 2 atom stereocenters. The highest BCUT2D eigenvalue weighted by Gasteiger charge is 2.19. The SMILES string of the molecule is CCOC(c1nccc(CC(C)N)n1)C(C)C. The number of aromatic nitrogens is 2. The Bertz CT molecular complexity index is 339. The van der Waals surface area contributed by atoms with Crippen LogP contribution in [0.2, 0.25) is 0 Å². The van der Waals surface area contributed by atoms with Crippen molar-refractivity contribution in [2.45, 2.75) is 46.3 Å². The minimum atomic E-state index is -0.0342. The predicted octanol–water partition coefficient (Wildman–Crippen LogP) is 2.10. The third-order valence-corrected chi connectivity index (χ3v) is 2.47. The van der Waals surface area contributed by atoms with Gasteiger partial charge in [0.15, 0.2) is 5.82 Å². The number of nitrogens with two attached hydrogens (primary N) is 1. The van der Waals surface area contributed by atoms with Crippen LogP contribution >= 0.6 is 0 Å². The molecule has 0 bridgehead atoms. The van der Waals surface area contributed by atoms with Gasteiger partial charge in [0.2, 0.25) is 0 Å². The normalized spacial score (nSPS) is 14.9. The van der Waals surface area contributed by atoms with Crippen molar-refractivity contribution in [2.24, 2.45) is 11.7 Å². The van der Waals surface area contributed by atoms with Crippen molar-refractivity contribution in [3.63, 3.8) is 0 Å². The van der Waals surface area contributed by atoms with E-state index < -0.39 is 0 Å². The molecule has 0 saturated heterocycles. The summed E-state index contributed by atoms with van der Waals surface area (Å²) in [7, 11) is 0. The first-order valence-corrected chi connectivity index (χ1v) is 6.23. The summed E-state index contributed by atoms with van der Waals surface area (Å²) in [6, 6.07) is 2.03. The molecule has 4 nitrogen and oxygen atoms in total. The van der Waals surface area contributed by atoms with Crippen molar-refractivity contribution in [2.75, 3.05) is 6.61 Å². The van der Waals surface area contributed by atoms with E-state index >= 15 is 0 Å². The van der Waals surface area contributed by atoms with Gasteiger partial charge in [0.25, 0.3) is 0 Å². The van der Waals surface area contributed by atoms with E-state index in [2.05, 4.69) is 23.8 Å². The van der Waals surface area contributed by atoms with E-state index in [0.29, 0.717) is 12.5 Å². The summed E-state index contributed by atoms with van der Waals surface area (Å²) >= 11 is 0. The van der Waals surface area contributed by atoms with Gasteiger partial charge in [-0.3, -0.25) is 0 Å². The highest BCUT2D eigenvalue weighted by molar-refractivity contribution is 5.06. The van der Waals surface area contributed by atoms with Crippen molar-refractivity contribution in [1.29, 1.82) is 0 Å². The van der Waals surface area contributed by atoms with Crippen LogP contribution in [0, 0.1) is 5.92 Å². The fraction of sp³-hybridized carbons (Fsp3) is 0.692. The lowest BCUT2D eigenvalue weighted by molar-refractivity contribution is 0.0230. The molecule has 0 aliphatic rings. The zero-order chi connectivity index (χ0) is 12.8. The Kier molecular flexibility index (Phi) is 5.51. The quantitative estimate of drug-likeness (QED) is 0.823. The first-order valence-electron chi connectivity index (χ1n) is 6.23. The second-order valence-electron chi connectivity index (χ2n) is 4.71. The molecule has 1 rings (SSSR count). The lowest BCUT2D eigenvalue weighted by Crippen LogP contribution is -2.20. The number of ether oxygens (including phenoxy) is 1. The first kappa shape index (κ1) is 14.1. The number of hydrogen-bond donors (Lipinski definition) is 1. The molecular weight excluding hydrogens is 214 g/mol. The van der Waals surface area contributed by atoms with Gasteiger partial charge < -0.3 is 10.5 Å². The second-order valence-corrected chi connectivity index (χ2v) is 4.71. The third kappa shape index (κ3) is 4.40. The van der Waals surface area contributed by atoms with Crippen molar-refractivity contribution in [1.82, 2.24) is 9.97 Å². The van der Waals surface area contributed by atoms with Gasteiger partial charge in [0.05, 0.1) is 0 Å². The summed E-state index contributed by atoms with van der Waals surface area (Å²) in [6.07, 6.45) is 2.52. The molecule has 0 radical (unpaired) electrons. The van der Waals surface area contributed by atoms with E-state index in [9.17, 15) is 0 Å². The Hall–Kier alpha value is -1.00. The van der Waals surface area contributed by atoms with Gasteiger partial charge in [-0.1, -0.05) is 13.8 Å². The van der Waals surface area contributed by atoms with Crippen LogP contribution < -0.4 is 5.73 Å². The topological polar surface area (TPSA) is 61.0 Å². The monoisotopic (exact) mass is 237 g/mol. The summed E-state index contributed by atoms with van der Waals surface area (Å²) in [5.74, 6) is 1.13. The minimum Gasteiger partial charge on any atom is -0.370 e. The van der Waals surface area contributed by atoms with E-state index in [1.165, 1.54) is 0 Å². The van der Waals surface area contributed by atoms with Crippen LogP contribution in [0.4, 0.5) is 0 Å². The molecule has 2 N–H and O–H groups in total. The van der Waals surface area contributed by atoms with E-state index in [1.54, 1.807) is 6.20 Å². The second kappa shape index (κ2) is 6.67. The Morgan fingerprint density at radius 2 is 2.06 bits per heavy atom. The zero-order valence-corrected chi connectivity index (χ0v) is 11.2. The lowest BCUT2D eigenvalue weighted by Gasteiger charge is -2.19. The summed E-state index contributed by atoms with van der Waals surface area (Å²) in [5.41, 5.74) is 6.76. The molecule has 17 heavy (non-hydrogen) atoms. The molecule has 4 heteroatoms. The maximum absolute atomic E-state index is 5.78.